The second kappa shape index (κ2) is 12.9. The van der Waals surface area contributed by atoms with Crippen LogP contribution in [0.4, 0.5) is 0 Å². The number of hydrogen-bond donors (Lipinski definition) is 5. The summed E-state index contributed by atoms with van der Waals surface area (Å²) in [7, 11) is 0.114. The first-order chi connectivity index (χ1) is 19.5. The molecule has 4 aliphatic carbocycles. The largest absolute Gasteiger partial charge is 0.393 e. The summed E-state index contributed by atoms with van der Waals surface area (Å²) >= 11 is 0. The van der Waals surface area contributed by atoms with Crippen molar-refractivity contribution in [3.05, 3.63) is 0 Å². The van der Waals surface area contributed by atoms with Gasteiger partial charge in [0.05, 0.1) is 51.2 Å². The Hall–Kier alpha value is -0.780. The number of quaternary nitrogens is 1. The molecule has 0 bridgehead atoms. The molecule has 4 saturated carbocycles. The Morgan fingerprint density at radius 2 is 1.69 bits per heavy atom. The lowest BCUT2D eigenvalue weighted by Gasteiger charge is -2.63. The van der Waals surface area contributed by atoms with Crippen molar-refractivity contribution < 1.29 is 37.6 Å². The monoisotopic (exact) mass is 615 g/mol. The van der Waals surface area contributed by atoms with E-state index in [1.54, 1.807) is 0 Å². The van der Waals surface area contributed by atoms with Gasteiger partial charge in [-0.2, -0.15) is 8.42 Å². The summed E-state index contributed by atoms with van der Waals surface area (Å²) < 4.78 is 31.5. The molecule has 4 aliphatic rings. The molecule has 0 radical (unpaired) electrons. The average Bonchev–Trinajstić information content (AvgIpc) is 3.24. The zero-order chi connectivity index (χ0) is 31.1. The number of carbonyl (C=O) groups excluding carboxylic acids is 1. The SMILES string of the molecule is C[C@H](CCC(=O)NCCC[N+](C)(C)CCCS(=O)(=O)O)[C@H]1CC[C@@H]2[C@H]3[C@H](O)C[C@@H]4C[C@H](O)CC[C@]4(C)[C@@H]3C[C@H](O)[C@@]21C. The van der Waals surface area contributed by atoms with E-state index < -0.39 is 16.2 Å². The van der Waals surface area contributed by atoms with Gasteiger partial charge in [0.25, 0.3) is 10.1 Å². The van der Waals surface area contributed by atoms with Crippen LogP contribution in [0.1, 0.15) is 91.4 Å². The van der Waals surface area contributed by atoms with Gasteiger partial charge in [-0.25, -0.2) is 0 Å². The lowest BCUT2D eigenvalue weighted by atomic mass is 9.43. The third-order valence-corrected chi connectivity index (χ3v) is 13.6. The van der Waals surface area contributed by atoms with Crippen molar-refractivity contribution in [3.8, 4) is 0 Å². The molecule has 4 rings (SSSR count). The molecule has 0 heterocycles. The van der Waals surface area contributed by atoms with E-state index in [1.807, 2.05) is 14.1 Å². The highest BCUT2D eigenvalue weighted by Crippen LogP contribution is 2.68. The third kappa shape index (κ3) is 7.20. The number of amides is 1. The van der Waals surface area contributed by atoms with E-state index in [4.69, 9.17) is 4.55 Å². The fraction of sp³-hybridized carbons (Fsp3) is 0.969. The van der Waals surface area contributed by atoms with E-state index in [0.717, 1.165) is 64.3 Å². The lowest BCUT2D eigenvalue weighted by molar-refractivity contribution is -0.890. The Balaban J connectivity index is 1.27. The molecule has 9 nitrogen and oxygen atoms in total. The standard InChI is InChI=1S/C32H58N2O7S/c1-21(8-11-29(38)33-14-6-15-34(4,5)16-7-17-42(39,40)41)24-9-10-25-30-26(20-28(37)32(24,25)3)31(2)13-12-23(35)18-22(31)19-27(30)36/h21-28,30,35-37H,6-20H2,1-5H3,(H-,33,38,39,40,41)/p+1/t21-,22+,23-,24-,25-,26-,27-,28+,30-,31+,32-/m1/s1. The van der Waals surface area contributed by atoms with E-state index in [-0.39, 0.29) is 52.5 Å². The summed E-state index contributed by atoms with van der Waals surface area (Å²) in [4.78, 5) is 12.7. The van der Waals surface area contributed by atoms with Gasteiger partial charge in [0, 0.05) is 25.8 Å². The van der Waals surface area contributed by atoms with Gasteiger partial charge >= 0.3 is 0 Å². The zero-order valence-corrected chi connectivity index (χ0v) is 27.5. The van der Waals surface area contributed by atoms with Gasteiger partial charge in [0.2, 0.25) is 5.91 Å². The first-order valence-electron chi connectivity index (χ1n) is 16.6. The van der Waals surface area contributed by atoms with Crippen molar-refractivity contribution >= 4 is 16.0 Å². The topological polar surface area (TPSA) is 144 Å². The Morgan fingerprint density at radius 1 is 1.00 bits per heavy atom. The summed E-state index contributed by atoms with van der Waals surface area (Å²) in [5.41, 5.74) is -0.185. The van der Waals surface area contributed by atoms with Crippen LogP contribution in [0.2, 0.25) is 0 Å². The van der Waals surface area contributed by atoms with Gasteiger partial charge in [-0.3, -0.25) is 9.35 Å². The van der Waals surface area contributed by atoms with Crippen LogP contribution in [0.25, 0.3) is 0 Å². The minimum atomic E-state index is -3.93. The normalized spacial score (nSPS) is 41.0. The molecule has 0 spiro atoms. The number of nitrogens with zero attached hydrogens (tertiary/aromatic N) is 1. The van der Waals surface area contributed by atoms with E-state index in [9.17, 15) is 28.5 Å². The highest BCUT2D eigenvalue weighted by molar-refractivity contribution is 7.85. The second-order valence-corrected chi connectivity index (χ2v) is 17.3. The molecule has 0 aliphatic heterocycles. The van der Waals surface area contributed by atoms with Crippen LogP contribution in [-0.4, -0.2) is 96.5 Å². The molecule has 0 aromatic heterocycles. The summed E-state index contributed by atoms with van der Waals surface area (Å²) in [5.74, 6) is 1.52. The van der Waals surface area contributed by atoms with Gasteiger partial charge in [-0.15, -0.1) is 0 Å². The number of hydrogen-bond acceptors (Lipinski definition) is 6. The van der Waals surface area contributed by atoms with Gasteiger partial charge in [0.1, 0.15) is 0 Å². The highest BCUT2D eigenvalue weighted by Gasteiger charge is 2.65. The minimum Gasteiger partial charge on any atom is -0.393 e. The number of aliphatic hydroxyl groups excluding tert-OH is 3. The van der Waals surface area contributed by atoms with Gasteiger partial charge in [-0.1, -0.05) is 20.8 Å². The number of fused-ring (bicyclic) bond motifs is 5. The quantitative estimate of drug-likeness (QED) is 0.129. The first-order valence-corrected chi connectivity index (χ1v) is 18.2. The van der Waals surface area contributed by atoms with Crippen molar-refractivity contribution in [1.29, 1.82) is 0 Å². The van der Waals surface area contributed by atoms with Crippen LogP contribution in [0.5, 0.6) is 0 Å². The molecule has 5 N–H and O–H groups in total. The van der Waals surface area contributed by atoms with E-state index in [2.05, 4.69) is 26.1 Å². The summed E-state index contributed by atoms with van der Waals surface area (Å²) in [6.07, 6.45) is 7.47. The van der Waals surface area contributed by atoms with Crippen LogP contribution in [0.3, 0.4) is 0 Å². The predicted octanol–water partition coefficient (Wildman–Crippen LogP) is 3.22. The third-order valence-electron chi connectivity index (χ3n) is 12.8. The summed E-state index contributed by atoms with van der Waals surface area (Å²) in [6, 6.07) is 0. The maximum atomic E-state index is 12.7. The molecule has 10 heteroatoms. The number of aliphatic hydroxyl groups is 3. The van der Waals surface area contributed by atoms with Crippen molar-refractivity contribution in [2.45, 2.75) is 110 Å². The molecule has 244 valence electrons. The van der Waals surface area contributed by atoms with Crippen molar-refractivity contribution in [2.75, 3.05) is 39.5 Å². The average molecular weight is 616 g/mol. The molecule has 4 fully saturated rings. The second-order valence-electron chi connectivity index (χ2n) is 15.8. The van der Waals surface area contributed by atoms with E-state index in [0.29, 0.717) is 48.2 Å². The zero-order valence-electron chi connectivity index (χ0n) is 26.7. The molecule has 11 atom stereocenters. The van der Waals surface area contributed by atoms with Crippen molar-refractivity contribution in [2.24, 2.45) is 46.3 Å². The van der Waals surface area contributed by atoms with Crippen molar-refractivity contribution in [1.82, 2.24) is 5.32 Å². The number of carbonyl (C=O) groups is 1. The van der Waals surface area contributed by atoms with Crippen LogP contribution in [-0.2, 0) is 14.9 Å². The lowest BCUT2D eigenvalue weighted by Crippen LogP contribution is -2.62. The molecule has 1 amide bonds. The molecule has 0 saturated heterocycles. The Bertz CT molecular complexity index is 1050. The van der Waals surface area contributed by atoms with E-state index >= 15 is 0 Å². The fourth-order valence-corrected chi connectivity index (χ4v) is 10.8. The Morgan fingerprint density at radius 3 is 2.38 bits per heavy atom. The van der Waals surface area contributed by atoms with Gasteiger partial charge < -0.3 is 25.1 Å². The fourth-order valence-electron chi connectivity index (χ4n) is 10.3. The maximum Gasteiger partial charge on any atom is 0.265 e. The summed E-state index contributed by atoms with van der Waals surface area (Å²) in [5, 5.41) is 36.6. The van der Waals surface area contributed by atoms with Crippen LogP contribution in [0.15, 0.2) is 0 Å². The van der Waals surface area contributed by atoms with Gasteiger partial charge in [-0.05, 0) is 97.7 Å². The Kier molecular flexibility index (Phi) is 10.5. The molecule has 0 aromatic carbocycles. The number of nitrogens with one attached hydrogen (secondary N) is 1. The molecular weight excluding hydrogens is 556 g/mol. The predicted molar refractivity (Wildman–Crippen MR) is 163 cm³/mol. The minimum absolute atomic E-state index is 0.0450. The molecule has 0 aromatic rings. The number of rotatable bonds is 12. The van der Waals surface area contributed by atoms with Crippen LogP contribution < -0.4 is 5.32 Å². The molecular formula is C32H59N2O7S+. The van der Waals surface area contributed by atoms with E-state index in [1.165, 1.54) is 0 Å². The summed E-state index contributed by atoms with van der Waals surface area (Å²) in [6.45, 7) is 8.87. The molecule has 0 unspecified atom stereocenters. The molecule has 42 heavy (non-hydrogen) atoms. The highest BCUT2D eigenvalue weighted by atomic mass is 32.2. The maximum absolute atomic E-state index is 12.7. The van der Waals surface area contributed by atoms with Crippen LogP contribution in [0, 0.1) is 46.3 Å². The van der Waals surface area contributed by atoms with Gasteiger partial charge in [0.15, 0.2) is 0 Å². The Labute approximate surface area is 254 Å². The van der Waals surface area contributed by atoms with Crippen LogP contribution >= 0.6 is 0 Å². The smallest absolute Gasteiger partial charge is 0.265 e. The first kappa shape index (κ1) is 34.1. The van der Waals surface area contributed by atoms with Crippen molar-refractivity contribution in [3.63, 3.8) is 0 Å².